The number of phenolic OH excluding ortho intramolecular Hbond substituents is 1. The van der Waals surface area contributed by atoms with E-state index >= 15 is 0 Å². The number of ketones is 1. The van der Waals surface area contributed by atoms with Crippen LogP contribution in [0.4, 0.5) is 0 Å². The molecule has 1 saturated carbocycles. The predicted molar refractivity (Wildman–Crippen MR) is 275 cm³/mol. The van der Waals surface area contributed by atoms with Gasteiger partial charge >= 0.3 is 11.9 Å². The van der Waals surface area contributed by atoms with Crippen LogP contribution in [0, 0.1) is 41.4 Å². The third kappa shape index (κ3) is 19.0. The van der Waals surface area contributed by atoms with Crippen molar-refractivity contribution in [2.75, 3.05) is 40.9 Å². The van der Waals surface area contributed by atoms with E-state index in [0.29, 0.717) is 83.0 Å². The van der Waals surface area contributed by atoms with E-state index in [2.05, 4.69) is 29.8 Å². The molecule has 1 aliphatic carbocycles. The number of carbonyl (C=O) groups excluding carboxylic acids is 5. The molecular weight excluding hydrogens is 925 g/mol. The van der Waals surface area contributed by atoms with Crippen LogP contribution in [0.5, 0.6) is 5.75 Å². The van der Waals surface area contributed by atoms with E-state index in [0.717, 1.165) is 19.3 Å². The number of benzene rings is 1. The molecule has 3 rings (SSSR count). The maximum atomic E-state index is 14.3. The number of carbonyl (C=O) groups is 7. The van der Waals surface area contributed by atoms with Gasteiger partial charge in [-0.25, -0.2) is 4.79 Å². The number of amides is 4. The number of carboxylic acids is 2. The summed E-state index contributed by atoms with van der Waals surface area (Å²) in [6.45, 7) is 15.4. The number of hydrogen-bond donors (Lipinski definition) is 7. The lowest BCUT2D eigenvalue weighted by molar-refractivity contribution is -0.145. The molecule has 1 heterocycles. The highest BCUT2D eigenvalue weighted by Crippen LogP contribution is 2.47. The van der Waals surface area contributed by atoms with E-state index in [4.69, 9.17) is 20.3 Å². The standard InChI is InChI=1S/C54H90N6O12/c1-11-34(6)39(44(71-9)31-46(63)60-27-17-19-43(60)50(72-10)35(7)51(65)57-42(54(69)70)28-36-21-23-38(61)24-22-36)29-37-30-40(37)49(64)47(32(2)3)58-52(66)48(33(4)5)59(8)26-16-12-13-20-45(62)56-25-15-14-18-41(55)53(67)68/h21-24,32-35,37,39-44,47-48,50,61H,11-20,25-31,55H2,1-10H3,(H,56,62)(H,57,65)(H,58,66)(H,67,68)(H,69,70). The van der Waals surface area contributed by atoms with Gasteiger partial charge in [0.1, 0.15) is 17.8 Å². The Hall–Kier alpha value is -4.65. The third-order valence-corrected chi connectivity index (χ3v) is 15.2. The highest BCUT2D eigenvalue weighted by atomic mass is 16.5. The van der Waals surface area contributed by atoms with Gasteiger partial charge in [0.25, 0.3) is 0 Å². The Morgan fingerprint density at radius 3 is 2.12 bits per heavy atom. The molecule has 72 heavy (non-hydrogen) atoms. The fraction of sp³-hybridized carbons (Fsp3) is 0.759. The average Bonchev–Trinajstić information content (AvgIpc) is 3.94. The lowest BCUT2D eigenvalue weighted by Gasteiger charge is -2.36. The molecule has 8 N–H and O–H groups in total. The number of likely N-dealkylation sites (tertiary alicyclic amines) is 1. The first kappa shape index (κ1) is 61.6. The maximum Gasteiger partial charge on any atom is 0.326 e. The van der Waals surface area contributed by atoms with Crippen molar-refractivity contribution < 1.29 is 58.4 Å². The Morgan fingerprint density at radius 1 is 0.861 bits per heavy atom. The zero-order chi connectivity index (χ0) is 53.8. The minimum Gasteiger partial charge on any atom is -0.508 e. The number of phenols is 1. The van der Waals surface area contributed by atoms with Crippen LogP contribution in [-0.4, -0.2) is 150 Å². The molecule has 0 bridgehead atoms. The first-order valence-corrected chi connectivity index (χ1v) is 26.5. The Labute approximate surface area is 428 Å². The van der Waals surface area contributed by atoms with Crippen molar-refractivity contribution in [2.45, 2.75) is 181 Å². The number of likely N-dealkylation sites (N-methyl/N-ethyl adjacent to an activating group) is 1. The lowest BCUT2D eigenvalue weighted by atomic mass is 9.80. The van der Waals surface area contributed by atoms with Crippen LogP contribution in [-0.2, 0) is 49.5 Å². The molecule has 4 amide bonds. The minimum absolute atomic E-state index is 0.0195. The van der Waals surface area contributed by atoms with Gasteiger partial charge in [-0.3, -0.25) is 33.7 Å². The van der Waals surface area contributed by atoms with Gasteiger partial charge in [0.2, 0.25) is 23.6 Å². The average molecular weight is 1020 g/mol. The van der Waals surface area contributed by atoms with Gasteiger partial charge in [-0.15, -0.1) is 0 Å². The lowest BCUT2D eigenvalue weighted by Crippen LogP contribution is -2.54. The first-order chi connectivity index (χ1) is 34.1. The molecule has 18 heteroatoms. The van der Waals surface area contributed by atoms with Crippen molar-refractivity contribution in [3.8, 4) is 5.75 Å². The molecule has 12 unspecified atom stereocenters. The number of methoxy groups -OCH3 is 2. The molecule has 2 aliphatic rings. The molecule has 1 aromatic carbocycles. The van der Waals surface area contributed by atoms with Crippen LogP contribution in [0.25, 0.3) is 0 Å². The highest BCUT2D eigenvalue weighted by molar-refractivity contribution is 5.94. The summed E-state index contributed by atoms with van der Waals surface area (Å²) in [5, 5.41) is 37.2. The normalized spacial score (nSPS) is 20.5. The Morgan fingerprint density at radius 2 is 1.54 bits per heavy atom. The van der Waals surface area contributed by atoms with Gasteiger partial charge in [-0.2, -0.15) is 0 Å². The Balaban J connectivity index is 1.57. The van der Waals surface area contributed by atoms with E-state index in [1.54, 1.807) is 31.1 Å². The molecule has 1 saturated heterocycles. The zero-order valence-corrected chi connectivity index (χ0v) is 44.9. The quantitative estimate of drug-likeness (QED) is 0.0433. The molecule has 408 valence electrons. The number of nitrogens with one attached hydrogen (secondary N) is 3. The molecule has 0 radical (unpaired) electrons. The van der Waals surface area contributed by atoms with Crippen molar-refractivity contribution in [3.63, 3.8) is 0 Å². The molecule has 18 nitrogen and oxygen atoms in total. The molecular formula is C54H90N6O12. The summed E-state index contributed by atoms with van der Waals surface area (Å²) >= 11 is 0. The SMILES string of the molecule is CCC(C)C(CC1CC1C(=O)C(NC(=O)C(C(C)C)N(C)CCCCCC(=O)NCCCCC(N)C(=O)O)C(C)C)C(CC(=O)N1CCCC1C(OC)C(C)C(=O)NC(Cc1ccc(O)cc1)C(=O)O)OC. The van der Waals surface area contributed by atoms with Crippen LogP contribution in [0.3, 0.4) is 0 Å². The van der Waals surface area contributed by atoms with Crippen molar-refractivity contribution in [1.29, 1.82) is 0 Å². The number of carboxylic acid groups (broad SMARTS) is 2. The topological polar surface area (TPSA) is 267 Å². The van der Waals surface area contributed by atoms with Gasteiger partial charge < -0.3 is 51.4 Å². The predicted octanol–water partition coefficient (Wildman–Crippen LogP) is 5.16. The smallest absolute Gasteiger partial charge is 0.326 e. The summed E-state index contributed by atoms with van der Waals surface area (Å²) in [6, 6.07) is 2.50. The molecule has 0 aromatic heterocycles. The van der Waals surface area contributed by atoms with Crippen LogP contribution in [0.15, 0.2) is 24.3 Å². The second-order valence-electron chi connectivity index (χ2n) is 21.3. The molecule has 2 fully saturated rings. The number of aliphatic carboxylic acids is 2. The molecule has 1 aromatic rings. The van der Waals surface area contributed by atoms with Crippen molar-refractivity contribution in [1.82, 2.24) is 25.8 Å². The summed E-state index contributed by atoms with van der Waals surface area (Å²) < 4.78 is 12.0. The first-order valence-electron chi connectivity index (χ1n) is 26.5. The van der Waals surface area contributed by atoms with E-state index in [1.807, 2.05) is 39.6 Å². The largest absolute Gasteiger partial charge is 0.508 e. The molecule has 0 spiro atoms. The van der Waals surface area contributed by atoms with Crippen LogP contribution < -0.4 is 21.7 Å². The van der Waals surface area contributed by atoms with Crippen LogP contribution in [0.2, 0.25) is 0 Å². The maximum absolute atomic E-state index is 14.3. The minimum atomic E-state index is -1.21. The van der Waals surface area contributed by atoms with Crippen molar-refractivity contribution >= 4 is 41.4 Å². The van der Waals surface area contributed by atoms with E-state index in [9.17, 15) is 43.8 Å². The summed E-state index contributed by atoms with van der Waals surface area (Å²) in [6.07, 6.45) is 6.89. The van der Waals surface area contributed by atoms with Crippen molar-refractivity contribution in [3.05, 3.63) is 29.8 Å². The second kappa shape index (κ2) is 30.5. The van der Waals surface area contributed by atoms with Gasteiger partial charge in [0, 0.05) is 46.1 Å². The zero-order valence-electron chi connectivity index (χ0n) is 44.9. The highest BCUT2D eigenvalue weighted by Gasteiger charge is 2.49. The summed E-state index contributed by atoms with van der Waals surface area (Å²) in [4.78, 5) is 95.3. The number of hydrogen-bond acceptors (Lipinski definition) is 12. The van der Waals surface area contributed by atoms with Gasteiger partial charge in [0.15, 0.2) is 5.78 Å². The summed E-state index contributed by atoms with van der Waals surface area (Å²) in [5.41, 5.74) is 6.17. The number of nitrogens with zero attached hydrogens (tertiary/aromatic N) is 2. The fourth-order valence-corrected chi connectivity index (χ4v) is 10.6. The third-order valence-electron chi connectivity index (χ3n) is 15.2. The van der Waals surface area contributed by atoms with Crippen molar-refractivity contribution in [2.24, 2.45) is 47.2 Å². The Kier molecular flexibility index (Phi) is 26.1. The number of rotatable bonds is 35. The van der Waals surface area contributed by atoms with Crippen LogP contribution in [0.1, 0.15) is 138 Å². The summed E-state index contributed by atoms with van der Waals surface area (Å²) in [5.74, 6) is -3.92. The number of Topliss-reactive ketones (excluding diaryl/α,β-unsaturated/α-hetero) is 1. The molecule has 12 atom stereocenters. The van der Waals surface area contributed by atoms with E-state index < -0.39 is 66.2 Å². The van der Waals surface area contributed by atoms with E-state index in [-0.39, 0.29) is 77.6 Å². The summed E-state index contributed by atoms with van der Waals surface area (Å²) in [7, 11) is 5.03. The van der Waals surface area contributed by atoms with Gasteiger partial charge in [0.05, 0.1) is 42.7 Å². The fourth-order valence-electron chi connectivity index (χ4n) is 10.6. The number of unbranched alkanes of at least 4 members (excludes halogenated alkanes) is 3. The van der Waals surface area contributed by atoms with E-state index in [1.165, 1.54) is 19.2 Å². The molecule has 1 aliphatic heterocycles. The number of ether oxygens (including phenoxy) is 2. The number of aromatic hydroxyl groups is 1. The number of nitrogens with two attached hydrogens (primary N) is 1. The monoisotopic (exact) mass is 1010 g/mol. The van der Waals surface area contributed by atoms with Gasteiger partial charge in [-0.05, 0) is 119 Å². The van der Waals surface area contributed by atoms with Gasteiger partial charge in [-0.1, -0.05) is 73.4 Å². The second-order valence-corrected chi connectivity index (χ2v) is 21.3. The Bertz CT molecular complexity index is 1900. The van der Waals surface area contributed by atoms with Crippen LogP contribution >= 0.6 is 0 Å².